The van der Waals surface area contributed by atoms with Crippen molar-refractivity contribution >= 4 is 0 Å². The molecule has 6 atom stereocenters. The Hall–Kier alpha value is -0.120. The number of epoxide rings is 2. The largest absolute Gasteiger partial charge is 0.341 e. The van der Waals surface area contributed by atoms with Crippen LogP contribution < -0.4 is 0 Å². The molecule has 4 aliphatic rings. The molecule has 2 bridgehead atoms. The lowest BCUT2D eigenvalue weighted by Gasteiger charge is -2.33. The van der Waals surface area contributed by atoms with Gasteiger partial charge in [-0.25, -0.2) is 0 Å². The van der Waals surface area contributed by atoms with Crippen molar-refractivity contribution in [2.45, 2.75) is 83.6 Å². The van der Waals surface area contributed by atoms with E-state index in [9.17, 15) is 0 Å². The van der Waals surface area contributed by atoms with Crippen molar-refractivity contribution < 1.29 is 14.2 Å². The highest BCUT2D eigenvalue weighted by Crippen LogP contribution is 2.50. The summed E-state index contributed by atoms with van der Waals surface area (Å²) in [5.41, 5.74) is 0.450. The van der Waals surface area contributed by atoms with Gasteiger partial charge in [0.1, 0.15) is 12.2 Å². The van der Waals surface area contributed by atoms with E-state index in [1.807, 2.05) is 0 Å². The zero-order valence-corrected chi connectivity index (χ0v) is 12.1. The molecule has 3 nitrogen and oxygen atoms in total. The second kappa shape index (κ2) is 4.44. The van der Waals surface area contributed by atoms with Crippen LogP contribution in [0.1, 0.15) is 58.8 Å². The maximum atomic E-state index is 5.87. The SMILES string of the molecule is CC1(C)CCCCCC2CC(C1)C1OC1OC1OC21. The third-order valence-corrected chi connectivity index (χ3v) is 5.51. The lowest BCUT2D eigenvalue weighted by atomic mass is 9.72. The van der Waals surface area contributed by atoms with Crippen molar-refractivity contribution in [3.05, 3.63) is 0 Å². The third kappa shape index (κ3) is 2.57. The van der Waals surface area contributed by atoms with Gasteiger partial charge in [-0.1, -0.05) is 33.1 Å². The highest BCUT2D eigenvalue weighted by Gasteiger charge is 2.58. The molecule has 0 radical (unpaired) electrons. The van der Waals surface area contributed by atoms with Crippen LogP contribution in [0.15, 0.2) is 0 Å². The molecular formula is C16H26O3. The summed E-state index contributed by atoms with van der Waals surface area (Å²) >= 11 is 0. The van der Waals surface area contributed by atoms with Gasteiger partial charge in [0.25, 0.3) is 0 Å². The van der Waals surface area contributed by atoms with E-state index in [1.165, 1.54) is 44.9 Å². The van der Waals surface area contributed by atoms with Gasteiger partial charge in [0.15, 0.2) is 12.6 Å². The Bertz CT molecular complexity index is 354. The summed E-state index contributed by atoms with van der Waals surface area (Å²) in [6.07, 6.45) is 10.2. The molecule has 0 aromatic heterocycles. The zero-order valence-electron chi connectivity index (χ0n) is 12.1. The average molecular weight is 266 g/mol. The number of fused-ring (bicyclic) bond motifs is 6. The van der Waals surface area contributed by atoms with E-state index in [1.54, 1.807) is 0 Å². The standard InChI is InChI=1S/C16H26O3/c1-16(2)7-5-3-4-6-10-8-11(9-16)13-15(18-13)19-14-12(10)17-14/h10-15H,3-9H2,1-2H3. The van der Waals surface area contributed by atoms with Crippen molar-refractivity contribution in [3.63, 3.8) is 0 Å². The lowest BCUT2D eigenvalue weighted by Crippen LogP contribution is -2.29. The Morgan fingerprint density at radius 1 is 0.842 bits per heavy atom. The number of hydrogen-bond donors (Lipinski definition) is 0. The highest BCUT2D eigenvalue weighted by molar-refractivity contribution is 4.97. The first-order valence-corrected chi connectivity index (χ1v) is 8.09. The van der Waals surface area contributed by atoms with E-state index in [0.29, 0.717) is 29.5 Å². The highest BCUT2D eigenvalue weighted by atomic mass is 16.9. The Labute approximate surface area is 116 Å². The Morgan fingerprint density at radius 2 is 1.58 bits per heavy atom. The third-order valence-electron chi connectivity index (χ3n) is 5.51. The van der Waals surface area contributed by atoms with Crippen molar-refractivity contribution in [2.75, 3.05) is 0 Å². The first-order valence-electron chi connectivity index (χ1n) is 8.09. The molecular weight excluding hydrogens is 240 g/mol. The van der Waals surface area contributed by atoms with Crippen LogP contribution in [-0.4, -0.2) is 24.8 Å². The van der Waals surface area contributed by atoms with Gasteiger partial charge in [0.2, 0.25) is 0 Å². The van der Waals surface area contributed by atoms with Crippen LogP contribution in [0.4, 0.5) is 0 Å². The fourth-order valence-electron chi connectivity index (χ4n) is 4.37. The van der Waals surface area contributed by atoms with Crippen LogP contribution in [-0.2, 0) is 14.2 Å². The Kier molecular flexibility index (Phi) is 2.95. The first kappa shape index (κ1) is 12.6. The summed E-state index contributed by atoms with van der Waals surface area (Å²) in [6.45, 7) is 4.86. The van der Waals surface area contributed by atoms with Crippen molar-refractivity contribution in [1.29, 1.82) is 0 Å². The molecule has 3 heterocycles. The molecule has 0 aromatic carbocycles. The van der Waals surface area contributed by atoms with Gasteiger partial charge in [0, 0.05) is 0 Å². The predicted octanol–water partition coefficient (Wildman–Crippen LogP) is 3.47. The van der Waals surface area contributed by atoms with E-state index in [2.05, 4.69) is 13.8 Å². The van der Waals surface area contributed by atoms with Crippen molar-refractivity contribution in [2.24, 2.45) is 17.3 Å². The number of hydrogen-bond acceptors (Lipinski definition) is 3. The minimum Gasteiger partial charge on any atom is -0.341 e. The monoisotopic (exact) mass is 266 g/mol. The number of rotatable bonds is 0. The van der Waals surface area contributed by atoms with Gasteiger partial charge >= 0.3 is 0 Å². The molecule has 3 aliphatic heterocycles. The molecule has 6 unspecified atom stereocenters. The molecule has 1 saturated carbocycles. The molecule has 3 heteroatoms. The van der Waals surface area contributed by atoms with Crippen LogP contribution in [0.2, 0.25) is 0 Å². The topological polar surface area (TPSA) is 34.3 Å². The first-order chi connectivity index (χ1) is 9.12. The van der Waals surface area contributed by atoms with Gasteiger partial charge in [0.05, 0.1) is 0 Å². The summed E-state index contributed by atoms with van der Waals surface area (Å²) in [5.74, 6) is 1.38. The molecule has 4 fully saturated rings. The molecule has 0 amide bonds. The summed E-state index contributed by atoms with van der Waals surface area (Å²) in [5, 5.41) is 0. The summed E-state index contributed by atoms with van der Waals surface area (Å²) in [6, 6.07) is 0. The summed E-state index contributed by atoms with van der Waals surface area (Å²) < 4.78 is 17.4. The van der Waals surface area contributed by atoms with Gasteiger partial charge in [-0.3, -0.25) is 0 Å². The second-order valence-electron chi connectivity index (χ2n) is 7.80. The zero-order chi connectivity index (χ0) is 13.0. The maximum Gasteiger partial charge on any atom is 0.187 e. The molecule has 3 saturated heterocycles. The second-order valence-corrected chi connectivity index (χ2v) is 7.80. The molecule has 108 valence electrons. The fraction of sp³-hybridized carbons (Fsp3) is 1.00. The smallest absolute Gasteiger partial charge is 0.187 e. The van der Waals surface area contributed by atoms with E-state index in [-0.39, 0.29) is 12.6 Å². The van der Waals surface area contributed by atoms with Crippen molar-refractivity contribution in [1.82, 2.24) is 0 Å². The predicted molar refractivity (Wildman–Crippen MR) is 71.5 cm³/mol. The van der Waals surface area contributed by atoms with Gasteiger partial charge < -0.3 is 14.2 Å². The van der Waals surface area contributed by atoms with Gasteiger partial charge in [-0.2, -0.15) is 0 Å². The van der Waals surface area contributed by atoms with Crippen molar-refractivity contribution in [3.8, 4) is 0 Å². The fourth-order valence-corrected chi connectivity index (χ4v) is 4.37. The normalized spacial score (nSPS) is 52.1. The molecule has 0 spiro atoms. The van der Waals surface area contributed by atoms with Crippen LogP contribution in [0, 0.1) is 17.3 Å². The Morgan fingerprint density at radius 3 is 2.37 bits per heavy atom. The van der Waals surface area contributed by atoms with Crippen LogP contribution in [0.3, 0.4) is 0 Å². The minimum absolute atomic E-state index is 0.0414. The van der Waals surface area contributed by atoms with E-state index in [0.717, 1.165) is 0 Å². The van der Waals surface area contributed by atoms with Crippen LogP contribution >= 0.6 is 0 Å². The molecule has 1 aliphatic carbocycles. The number of ether oxygens (including phenoxy) is 3. The average Bonchev–Trinajstić information content (AvgIpc) is 3.23. The van der Waals surface area contributed by atoms with E-state index < -0.39 is 0 Å². The molecule has 0 N–H and O–H groups in total. The summed E-state index contributed by atoms with van der Waals surface area (Å²) in [7, 11) is 0. The lowest BCUT2D eigenvalue weighted by molar-refractivity contribution is -0.0111. The summed E-state index contributed by atoms with van der Waals surface area (Å²) in [4.78, 5) is 0. The van der Waals surface area contributed by atoms with E-state index in [4.69, 9.17) is 14.2 Å². The van der Waals surface area contributed by atoms with Crippen LogP contribution in [0.5, 0.6) is 0 Å². The Balaban J connectivity index is 1.54. The van der Waals surface area contributed by atoms with E-state index >= 15 is 0 Å². The van der Waals surface area contributed by atoms with Crippen LogP contribution in [0.25, 0.3) is 0 Å². The molecule has 19 heavy (non-hydrogen) atoms. The van der Waals surface area contributed by atoms with Gasteiger partial charge in [-0.05, 0) is 42.9 Å². The maximum absolute atomic E-state index is 5.87. The minimum atomic E-state index is 0.0414. The quantitative estimate of drug-likeness (QED) is 0.630. The molecule has 4 rings (SSSR count). The molecule has 0 aromatic rings. The van der Waals surface area contributed by atoms with Gasteiger partial charge in [-0.15, -0.1) is 0 Å².